The molecule has 0 aromatic heterocycles. The molecule has 0 radical (unpaired) electrons. The molecule has 1 heterocycles. The second kappa shape index (κ2) is 4.11. The van der Waals surface area contributed by atoms with Crippen LogP contribution in [0.1, 0.15) is 22.8 Å². The molecule has 1 aromatic rings. The fourth-order valence-corrected chi connectivity index (χ4v) is 2.02. The van der Waals surface area contributed by atoms with Gasteiger partial charge < -0.3 is 10.1 Å². The quantitative estimate of drug-likeness (QED) is 0.770. The Morgan fingerprint density at radius 2 is 2.36 bits per heavy atom. The number of benzene rings is 1. The van der Waals surface area contributed by atoms with E-state index in [0.29, 0.717) is 0 Å². The lowest BCUT2D eigenvalue weighted by atomic mass is 9.96. The summed E-state index contributed by atoms with van der Waals surface area (Å²) in [4.78, 5) is 0. The van der Waals surface area contributed by atoms with E-state index in [1.807, 2.05) is 7.05 Å². The molecule has 0 aliphatic carbocycles. The van der Waals surface area contributed by atoms with Crippen LogP contribution in [-0.2, 0) is 11.2 Å². The van der Waals surface area contributed by atoms with Crippen molar-refractivity contribution < 1.29 is 4.74 Å². The fraction of sp³-hybridized carbons (Fsp3) is 0.500. The van der Waals surface area contributed by atoms with E-state index in [2.05, 4.69) is 30.4 Å². The minimum absolute atomic E-state index is 0.240. The molecule has 0 saturated carbocycles. The van der Waals surface area contributed by atoms with Crippen molar-refractivity contribution in [3.05, 3.63) is 34.9 Å². The van der Waals surface area contributed by atoms with Gasteiger partial charge in [-0.3, -0.25) is 0 Å². The number of nitrogens with one attached hydrogen (secondary N) is 1. The zero-order chi connectivity index (χ0) is 9.97. The first-order valence-electron chi connectivity index (χ1n) is 5.17. The van der Waals surface area contributed by atoms with Gasteiger partial charge in [0, 0.05) is 6.54 Å². The van der Waals surface area contributed by atoms with Crippen LogP contribution in [0.4, 0.5) is 0 Å². The van der Waals surface area contributed by atoms with Crippen LogP contribution in [0.15, 0.2) is 18.2 Å². The van der Waals surface area contributed by atoms with Crippen molar-refractivity contribution in [1.29, 1.82) is 0 Å². The van der Waals surface area contributed by atoms with Gasteiger partial charge >= 0.3 is 0 Å². The highest BCUT2D eigenvalue weighted by molar-refractivity contribution is 5.34. The predicted octanol–water partition coefficient (Wildman–Crippen LogP) is 1.83. The Kier molecular flexibility index (Phi) is 2.85. The summed E-state index contributed by atoms with van der Waals surface area (Å²) in [6.07, 6.45) is 1.29. The smallest absolute Gasteiger partial charge is 0.0951 e. The standard InChI is InChI=1S/C12H17NO/c1-9-3-4-11-10(7-9)5-6-14-12(11)8-13-2/h3-4,7,12-13H,5-6,8H2,1-2H3/t12-/m1/s1. The minimum atomic E-state index is 0.240. The summed E-state index contributed by atoms with van der Waals surface area (Å²) in [5, 5.41) is 3.17. The van der Waals surface area contributed by atoms with Gasteiger partial charge in [0.05, 0.1) is 12.7 Å². The van der Waals surface area contributed by atoms with Crippen LogP contribution in [0.5, 0.6) is 0 Å². The average Bonchev–Trinajstić information content (AvgIpc) is 2.18. The van der Waals surface area contributed by atoms with Crippen molar-refractivity contribution in [2.45, 2.75) is 19.4 Å². The molecule has 0 amide bonds. The second-order valence-corrected chi connectivity index (χ2v) is 3.87. The van der Waals surface area contributed by atoms with Crippen LogP contribution >= 0.6 is 0 Å². The molecule has 0 spiro atoms. The molecular formula is C12H17NO. The largest absolute Gasteiger partial charge is 0.372 e. The summed E-state index contributed by atoms with van der Waals surface area (Å²) in [5.74, 6) is 0. The molecule has 0 saturated heterocycles. The summed E-state index contributed by atoms with van der Waals surface area (Å²) >= 11 is 0. The van der Waals surface area contributed by atoms with Crippen molar-refractivity contribution >= 4 is 0 Å². The van der Waals surface area contributed by atoms with E-state index in [9.17, 15) is 0 Å². The molecule has 14 heavy (non-hydrogen) atoms. The van der Waals surface area contributed by atoms with Gasteiger partial charge in [-0.15, -0.1) is 0 Å². The SMILES string of the molecule is CNC[C@H]1OCCc2cc(C)ccc21. The monoisotopic (exact) mass is 191 g/mol. The second-order valence-electron chi connectivity index (χ2n) is 3.87. The Morgan fingerprint density at radius 1 is 1.50 bits per heavy atom. The molecule has 0 bridgehead atoms. The van der Waals surface area contributed by atoms with E-state index in [0.717, 1.165) is 19.6 Å². The lowest BCUT2D eigenvalue weighted by molar-refractivity contribution is 0.0438. The van der Waals surface area contributed by atoms with E-state index in [1.54, 1.807) is 0 Å². The van der Waals surface area contributed by atoms with Crippen LogP contribution in [0, 0.1) is 6.92 Å². The number of likely N-dealkylation sites (N-methyl/N-ethyl adjacent to an activating group) is 1. The van der Waals surface area contributed by atoms with E-state index in [1.165, 1.54) is 16.7 Å². The number of fused-ring (bicyclic) bond motifs is 1. The first-order valence-corrected chi connectivity index (χ1v) is 5.17. The Hall–Kier alpha value is -0.860. The third kappa shape index (κ3) is 1.81. The molecule has 1 aromatic carbocycles. The molecule has 2 rings (SSSR count). The molecule has 2 heteroatoms. The summed E-state index contributed by atoms with van der Waals surface area (Å²) in [6.45, 7) is 3.89. The zero-order valence-electron chi connectivity index (χ0n) is 8.84. The zero-order valence-corrected chi connectivity index (χ0v) is 8.84. The number of ether oxygens (including phenoxy) is 1. The van der Waals surface area contributed by atoms with Crippen LogP contribution in [-0.4, -0.2) is 20.2 Å². The molecule has 1 aliphatic heterocycles. The molecule has 0 unspecified atom stereocenters. The number of aryl methyl sites for hydroxylation is 1. The highest BCUT2D eigenvalue weighted by Gasteiger charge is 2.19. The summed E-state index contributed by atoms with van der Waals surface area (Å²) in [7, 11) is 1.96. The maximum absolute atomic E-state index is 5.72. The topological polar surface area (TPSA) is 21.3 Å². The Morgan fingerprint density at radius 3 is 3.14 bits per heavy atom. The molecule has 0 fully saturated rings. The Bertz CT molecular complexity index is 322. The highest BCUT2D eigenvalue weighted by atomic mass is 16.5. The third-order valence-corrected chi connectivity index (χ3v) is 2.73. The maximum Gasteiger partial charge on any atom is 0.0951 e. The highest BCUT2D eigenvalue weighted by Crippen LogP contribution is 2.27. The third-order valence-electron chi connectivity index (χ3n) is 2.73. The van der Waals surface area contributed by atoms with Gasteiger partial charge in [-0.05, 0) is 31.5 Å². The van der Waals surface area contributed by atoms with Gasteiger partial charge in [-0.2, -0.15) is 0 Å². The molecule has 2 nitrogen and oxygen atoms in total. The molecule has 1 atom stereocenters. The lowest BCUT2D eigenvalue weighted by Gasteiger charge is -2.26. The number of hydrogen-bond donors (Lipinski definition) is 1. The van der Waals surface area contributed by atoms with E-state index < -0.39 is 0 Å². The van der Waals surface area contributed by atoms with Crippen molar-refractivity contribution in [3.63, 3.8) is 0 Å². The van der Waals surface area contributed by atoms with Gasteiger partial charge in [0.1, 0.15) is 0 Å². The van der Waals surface area contributed by atoms with Crippen LogP contribution in [0.3, 0.4) is 0 Å². The van der Waals surface area contributed by atoms with Gasteiger partial charge in [0.25, 0.3) is 0 Å². The molecule has 76 valence electrons. The molecule has 1 N–H and O–H groups in total. The van der Waals surface area contributed by atoms with Crippen molar-refractivity contribution in [1.82, 2.24) is 5.32 Å². The van der Waals surface area contributed by atoms with Gasteiger partial charge in [-0.1, -0.05) is 23.8 Å². The fourth-order valence-electron chi connectivity index (χ4n) is 2.02. The normalized spacial score (nSPS) is 20.6. The predicted molar refractivity (Wildman–Crippen MR) is 57.5 cm³/mol. The van der Waals surface area contributed by atoms with E-state index in [4.69, 9.17) is 4.74 Å². The first kappa shape index (κ1) is 9.69. The first-order chi connectivity index (χ1) is 6.81. The van der Waals surface area contributed by atoms with Crippen molar-refractivity contribution in [3.8, 4) is 0 Å². The van der Waals surface area contributed by atoms with Crippen molar-refractivity contribution in [2.75, 3.05) is 20.2 Å². The maximum atomic E-state index is 5.72. The summed E-state index contributed by atoms with van der Waals surface area (Å²) in [6, 6.07) is 6.64. The Labute approximate surface area is 85.3 Å². The average molecular weight is 191 g/mol. The molecule has 1 aliphatic rings. The van der Waals surface area contributed by atoms with Crippen LogP contribution < -0.4 is 5.32 Å². The lowest BCUT2D eigenvalue weighted by Crippen LogP contribution is -2.25. The van der Waals surface area contributed by atoms with Crippen LogP contribution in [0.25, 0.3) is 0 Å². The number of rotatable bonds is 2. The van der Waals surface area contributed by atoms with Crippen molar-refractivity contribution in [2.24, 2.45) is 0 Å². The Balaban J connectivity index is 2.30. The van der Waals surface area contributed by atoms with Gasteiger partial charge in [0.15, 0.2) is 0 Å². The summed E-state index contributed by atoms with van der Waals surface area (Å²) < 4.78 is 5.72. The van der Waals surface area contributed by atoms with Gasteiger partial charge in [0.2, 0.25) is 0 Å². The van der Waals surface area contributed by atoms with E-state index >= 15 is 0 Å². The number of hydrogen-bond acceptors (Lipinski definition) is 2. The van der Waals surface area contributed by atoms with Gasteiger partial charge in [-0.25, -0.2) is 0 Å². The molecular weight excluding hydrogens is 174 g/mol. The van der Waals surface area contributed by atoms with E-state index in [-0.39, 0.29) is 6.10 Å². The van der Waals surface area contributed by atoms with Crippen LogP contribution in [0.2, 0.25) is 0 Å². The summed E-state index contributed by atoms with van der Waals surface area (Å²) in [5.41, 5.74) is 4.15. The minimum Gasteiger partial charge on any atom is -0.372 e.